The first-order valence-electron chi connectivity index (χ1n) is 3.62. The molecule has 0 heterocycles. The third-order valence-electron chi connectivity index (χ3n) is 0.886. The molecular formula is C7H16N2OS. The van der Waals surface area contributed by atoms with Crippen LogP contribution in [-0.4, -0.2) is 23.9 Å². The zero-order valence-electron chi connectivity index (χ0n) is 7.27. The summed E-state index contributed by atoms with van der Waals surface area (Å²) in [6, 6.07) is -0.133. The van der Waals surface area contributed by atoms with Gasteiger partial charge in [-0.05, 0) is 20.8 Å². The van der Waals surface area contributed by atoms with Gasteiger partial charge in [-0.15, -0.1) is 0 Å². The van der Waals surface area contributed by atoms with Crippen molar-refractivity contribution in [2.24, 2.45) is 0 Å². The predicted octanol–water partition coefficient (Wildman–Crippen LogP) is 1.01. The average Bonchev–Trinajstić information content (AvgIpc) is 1.79. The largest absolute Gasteiger partial charge is 0.337 e. The zero-order chi connectivity index (χ0) is 8.91. The molecule has 4 heteroatoms. The van der Waals surface area contributed by atoms with E-state index in [9.17, 15) is 4.79 Å². The Balaban J connectivity index is 3.53. The normalized spacial score (nSPS) is 10.9. The second-order valence-electron chi connectivity index (χ2n) is 3.35. The molecule has 0 aliphatic rings. The second-order valence-corrected chi connectivity index (χ2v) is 3.80. The number of nitrogens with one attached hydrogen (secondary N) is 2. The lowest BCUT2D eigenvalue weighted by molar-refractivity contribution is 0.232. The van der Waals surface area contributed by atoms with E-state index in [2.05, 4.69) is 23.3 Å². The van der Waals surface area contributed by atoms with Crippen LogP contribution < -0.4 is 10.6 Å². The minimum absolute atomic E-state index is 0.133. The minimum atomic E-state index is -0.166. The highest BCUT2D eigenvalue weighted by Crippen LogP contribution is 1.96. The third-order valence-corrected chi connectivity index (χ3v) is 1.11. The number of carbonyl (C=O) groups is 1. The van der Waals surface area contributed by atoms with Crippen molar-refractivity contribution in [3.8, 4) is 0 Å². The first-order chi connectivity index (χ1) is 4.95. The Morgan fingerprint density at radius 2 is 2.00 bits per heavy atom. The van der Waals surface area contributed by atoms with E-state index in [1.807, 2.05) is 20.8 Å². The van der Waals surface area contributed by atoms with Crippen LogP contribution in [0.15, 0.2) is 0 Å². The Hall–Kier alpha value is -0.380. The monoisotopic (exact) mass is 176 g/mol. The Labute approximate surface area is 73.3 Å². The molecule has 0 aromatic carbocycles. The van der Waals surface area contributed by atoms with Crippen LogP contribution >= 0.6 is 12.6 Å². The zero-order valence-corrected chi connectivity index (χ0v) is 8.16. The number of thiol groups is 1. The van der Waals surface area contributed by atoms with E-state index in [-0.39, 0.29) is 11.6 Å². The Kier molecular flexibility index (Phi) is 4.33. The quantitative estimate of drug-likeness (QED) is 0.540. The number of amides is 2. The highest BCUT2D eigenvalue weighted by Gasteiger charge is 2.12. The molecule has 0 saturated carbocycles. The predicted molar refractivity (Wildman–Crippen MR) is 50.1 cm³/mol. The van der Waals surface area contributed by atoms with Crippen molar-refractivity contribution in [3.63, 3.8) is 0 Å². The van der Waals surface area contributed by atoms with Crippen LogP contribution in [0.5, 0.6) is 0 Å². The molecule has 0 aromatic heterocycles. The van der Waals surface area contributed by atoms with Crippen LogP contribution in [0, 0.1) is 0 Å². The lowest BCUT2D eigenvalue weighted by atomic mass is 10.1. The summed E-state index contributed by atoms with van der Waals surface area (Å²) in [6.07, 6.45) is 0. The fourth-order valence-corrected chi connectivity index (χ4v) is 0.666. The van der Waals surface area contributed by atoms with Gasteiger partial charge in [-0.1, -0.05) is 0 Å². The molecule has 0 rings (SSSR count). The average molecular weight is 176 g/mol. The van der Waals surface area contributed by atoms with Crippen molar-refractivity contribution in [2.45, 2.75) is 26.3 Å². The summed E-state index contributed by atoms with van der Waals surface area (Å²) in [5.41, 5.74) is -0.166. The van der Waals surface area contributed by atoms with Crippen LogP contribution in [0.4, 0.5) is 4.79 Å². The van der Waals surface area contributed by atoms with E-state index in [0.717, 1.165) is 0 Å². The summed E-state index contributed by atoms with van der Waals surface area (Å²) in [7, 11) is 0. The van der Waals surface area contributed by atoms with Gasteiger partial charge in [0.05, 0.1) is 0 Å². The van der Waals surface area contributed by atoms with Crippen molar-refractivity contribution >= 4 is 18.7 Å². The maximum atomic E-state index is 11.0. The second kappa shape index (κ2) is 4.49. The molecule has 0 aromatic rings. The van der Waals surface area contributed by atoms with Gasteiger partial charge in [0.15, 0.2) is 0 Å². The van der Waals surface area contributed by atoms with Crippen LogP contribution in [-0.2, 0) is 0 Å². The molecule has 11 heavy (non-hydrogen) atoms. The van der Waals surface area contributed by atoms with E-state index >= 15 is 0 Å². The lowest BCUT2D eigenvalue weighted by Gasteiger charge is -2.20. The molecule has 0 saturated heterocycles. The van der Waals surface area contributed by atoms with Gasteiger partial charge in [0, 0.05) is 17.8 Å². The van der Waals surface area contributed by atoms with E-state index in [1.54, 1.807) is 0 Å². The maximum Gasteiger partial charge on any atom is 0.315 e. The molecule has 0 aliphatic heterocycles. The van der Waals surface area contributed by atoms with Crippen molar-refractivity contribution in [1.29, 1.82) is 0 Å². The molecule has 0 aliphatic carbocycles. The Morgan fingerprint density at radius 1 is 1.45 bits per heavy atom. The SMILES string of the molecule is CC(C)(C)NC(=O)NCCS. The third kappa shape index (κ3) is 7.52. The molecule has 0 spiro atoms. The van der Waals surface area contributed by atoms with Gasteiger partial charge in [0.2, 0.25) is 0 Å². The van der Waals surface area contributed by atoms with Crippen molar-refractivity contribution in [3.05, 3.63) is 0 Å². The number of hydrogen-bond donors (Lipinski definition) is 3. The molecule has 0 bridgehead atoms. The number of urea groups is 1. The standard InChI is InChI=1S/C7H16N2OS/c1-7(2,3)9-6(10)8-4-5-11/h11H,4-5H2,1-3H3,(H2,8,9,10). The van der Waals surface area contributed by atoms with Crippen LogP contribution in [0.1, 0.15) is 20.8 Å². The van der Waals surface area contributed by atoms with Crippen molar-refractivity contribution in [1.82, 2.24) is 10.6 Å². The smallest absolute Gasteiger partial charge is 0.315 e. The molecule has 2 N–H and O–H groups in total. The van der Waals surface area contributed by atoms with Crippen molar-refractivity contribution < 1.29 is 4.79 Å². The van der Waals surface area contributed by atoms with Gasteiger partial charge < -0.3 is 10.6 Å². The Morgan fingerprint density at radius 3 is 2.36 bits per heavy atom. The first kappa shape index (κ1) is 10.6. The van der Waals surface area contributed by atoms with E-state index in [1.165, 1.54) is 0 Å². The highest BCUT2D eigenvalue weighted by atomic mass is 32.1. The lowest BCUT2D eigenvalue weighted by Crippen LogP contribution is -2.46. The first-order valence-corrected chi connectivity index (χ1v) is 4.26. The highest BCUT2D eigenvalue weighted by molar-refractivity contribution is 7.80. The number of hydrogen-bond acceptors (Lipinski definition) is 2. The molecule has 3 nitrogen and oxygen atoms in total. The molecule has 0 radical (unpaired) electrons. The van der Waals surface area contributed by atoms with Crippen LogP contribution in [0.25, 0.3) is 0 Å². The topological polar surface area (TPSA) is 41.1 Å². The Bertz CT molecular complexity index is 131. The van der Waals surface area contributed by atoms with Gasteiger partial charge >= 0.3 is 6.03 Å². The number of rotatable bonds is 2. The molecule has 0 unspecified atom stereocenters. The number of carbonyl (C=O) groups excluding carboxylic acids is 1. The van der Waals surface area contributed by atoms with Crippen LogP contribution in [0.2, 0.25) is 0 Å². The summed E-state index contributed by atoms with van der Waals surface area (Å²) in [6.45, 7) is 6.42. The van der Waals surface area contributed by atoms with E-state index in [0.29, 0.717) is 12.3 Å². The molecule has 2 amide bonds. The summed E-state index contributed by atoms with van der Waals surface area (Å²) in [5, 5.41) is 5.43. The summed E-state index contributed by atoms with van der Waals surface area (Å²) in [4.78, 5) is 11.0. The van der Waals surface area contributed by atoms with Gasteiger partial charge in [-0.2, -0.15) is 12.6 Å². The van der Waals surface area contributed by atoms with E-state index < -0.39 is 0 Å². The van der Waals surface area contributed by atoms with Gasteiger partial charge in [0.1, 0.15) is 0 Å². The fourth-order valence-electron chi connectivity index (χ4n) is 0.554. The molecule has 66 valence electrons. The van der Waals surface area contributed by atoms with Gasteiger partial charge in [0.25, 0.3) is 0 Å². The molecular weight excluding hydrogens is 160 g/mol. The van der Waals surface area contributed by atoms with Gasteiger partial charge in [-0.3, -0.25) is 0 Å². The summed E-state index contributed by atoms with van der Waals surface area (Å²) in [5.74, 6) is 0.664. The minimum Gasteiger partial charge on any atom is -0.337 e. The summed E-state index contributed by atoms with van der Waals surface area (Å²) < 4.78 is 0. The van der Waals surface area contributed by atoms with Gasteiger partial charge in [-0.25, -0.2) is 4.79 Å². The fraction of sp³-hybridized carbons (Fsp3) is 0.857. The summed E-state index contributed by atoms with van der Waals surface area (Å²) >= 11 is 3.96. The molecule has 0 atom stereocenters. The maximum absolute atomic E-state index is 11.0. The van der Waals surface area contributed by atoms with Crippen molar-refractivity contribution in [2.75, 3.05) is 12.3 Å². The van der Waals surface area contributed by atoms with E-state index in [4.69, 9.17) is 0 Å². The van der Waals surface area contributed by atoms with Crippen LogP contribution in [0.3, 0.4) is 0 Å². The molecule has 0 fully saturated rings.